The van der Waals surface area contributed by atoms with Gasteiger partial charge in [0.15, 0.2) is 0 Å². The zero-order valence-electron chi connectivity index (χ0n) is 17.2. The molecular formula is C24H26N4O2. The predicted molar refractivity (Wildman–Crippen MR) is 116 cm³/mol. The van der Waals surface area contributed by atoms with Crippen LogP contribution in [0.3, 0.4) is 0 Å². The number of carbonyl (C=O) groups excluding carboxylic acids is 1. The molecule has 0 radical (unpaired) electrons. The van der Waals surface area contributed by atoms with E-state index in [1.54, 1.807) is 6.20 Å². The van der Waals surface area contributed by atoms with Gasteiger partial charge in [0.05, 0.1) is 29.8 Å². The molecule has 1 atom stereocenters. The number of amides is 1. The van der Waals surface area contributed by atoms with Crippen LogP contribution in [0.15, 0.2) is 48.7 Å². The number of carbonyl (C=O) groups is 1. The van der Waals surface area contributed by atoms with Crippen LogP contribution in [-0.2, 0) is 17.9 Å². The molecule has 1 unspecified atom stereocenters. The van der Waals surface area contributed by atoms with Crippen LogP contribution in [0.4, 0.5) is 5.82 Å². The van der Waals surface area contributed by atoms with Gasteiger partial charge in [-0.15, -0.1) is 0 Å². The molecule has 6 nitrogen and oxygen atoms in total. The van der Waals surface area contributed by atoms with E-state index < -0.39 is 0 Å². The predicted octanol–water partition coefficient (Wildman–Crippen LogP) is 3.06. The molecule has 1 N–H and O–H groups in total. The second-order valence-electron chi connectivity index (χ2n) is 8.53. The van der Waals surface area contributed by atoms with Gasteiger partial charge in [0.2, 0.25) is 5.91 Å². The molecule has 2 fully saturated rings. The number of rotatable bonds is 4. The first kappa shape index (κ1) is 19.0. The smallest absolute Gasteiger partial charge is 0.231 e. The summed E-state index contributed by atoms with van der Waals surface area (Å²) in [6.45, 7) is 4.76. The molecule has 2 saturated heterocycles. The summed E-state index contributed by atoms with van der Waals surface area (Å²) in [4.78, 5) is 26.8. The molecule has 30 heavy (non-hydrogen) atoms. The number of nitrogens with zero attached hydrogens (tertiary/aromatic N) is 4. The van der Waals surface area contributed by atoms with E-state index in [4.69, 9.17) is 4.98 Å². The van der Waals surface area contributed by atoms with Crippen LogP contribution in [0.1, 0.15) is 29.7 Å². The number of likely N-dealkylation sites (tertiary alicyclic amines) is 1. The highest BCUT2D eigenvalue weighted by atomic mass is 16.3. The van der Waals surface area contributed by atoms with E-state index in [1.807, 2.05) is 41.3 Å². The maximum Gasteiger partial charge on any atom is 0.231 e. The molecule has 1 aromatic carbocycles. The van der Waals surface area contributed by atoms with E-state index in [2.05, 4.69) is 22.9 Å². The number of para-hydroxylation sites is 1. The second kappa shape index (κ2) is 7.36. The Kier molecular flexibility index (Phi) is 4.66. The van der Waals surface area contributed by atoms with Crippen LogP contribution in [0.2, 0.25) is 0 Å². The normalized spacial score (nSPS) is 21.3. The summed E-state index contributed by atoms with van der Waals surface area (Å²) < 4.78 is 0. The van der Waals surface area contributed by atoms with Gasteiger partial charge in [0.25, 0.3) is 0 Å². The van der Waals surface area contributed by atoms with Gasteiger partial charge in [-0.1, -0.05) is 24.3 Å². The highest BCUT2D eigenvalue weighted by molar-refractivity contribution is 5.87. The Labute approximate surface area is 176 Å². The molecule has 1 amide bonds. The SMILES string of the molecule is Cc1cccc2cc(CO)c(N3CCC4(CCN(Cc5ccccn5)C4=O)C3)nc12. The quantitative estimate of drug-likeness (QED) is 0.726. The minimum atomic E-state index is -0.357. The molecule has 6 heteroatoms. The van der Waals surface area contributed by atoms with Crippen molar-refractivity contribution in [2.75, 3.05) is 24.5 Å². The van der Waals surface area contributed by atoms with Crippen LogP contribution in [0.25, 0.3) is 10.9 Å². The minimum Gasteiger partial charge on any atom is -0.392 e. The van der Waals surface area contributed by atoms with E-state index in [-0.39, 0.29) is 17.9 Å². The summed E-state index contributed by atoms with van der Waals surface area (Å²) in [5.74, 6) is 1.03. The lowest BCUT2D eigenvalue weighted by atomic mass is 9.85. The first-order valence-corrected chi connectivity index (χ1v) is 10.5. The summed E-state index contributed by atoms with van der Waals surface area (Å²) in [6.07, 6.45) is 3.45. The fourth-order valence-corrected chi connectivity index (χ4v) is 4.93. The number of aliphatic hydroxyl groups is 1. The third-order valence-electron chi connectivity index (χ3n) is 6.61. The largest absolute Gasteiger partial charge is 0.392 e. The van der Waals surface area contributed by atoms with Crippen molar-refractivity contribution in [3.05, 3.63) is 65.5 Å². The van der Waals surface area contributed by atoms with Crippen LogP contribution in [0, 0.1) is 12.3 Å². The average molecular weight is 402 g/mol. The number of aromatic nitrogens is 2. The van der Waals surface area contributed by atoms with Gasteiger partial charge in [-0.05, 0) is 43.5 Å². The number of benzene rings is 1. The van der Waals surface area contributed by atoms with E-state index in [0.29, 0.717) is 13.1 Å². The lowest BCUT2D eigenvalue weighted by Crippen LogP contribution is -2.37. The highest BCUT2D eigenvalue weighted by Crippen LogP contribution is 2.43. The summed E-state index contributed by atoms with van der Waals surface area (Å²) in [6, 6.07) is 13.9. The Morgan fingerprint density at radius 3 is 2.80 bits per heavy atom. The van der Waals surface area contributed by atoms with Crippen molar-refractivity contribution in [1.29, 1.82) is 0 Å². The molecule has 4 heterocycles. The molecule has 2 aromatic heterocycles. The van der Waals surface area contributed by atoms with Crippen LogP contribution >= 0.6 is 0 Å². The summed E-state index contributed by atoms with van der Waals surface area (Å²) in [5.41, 5.74) is 3.46. The maximum atomic E-state index is 13.3. The molecule has 2 aliphatic rings. The average Bonchev–Trinajstić information content (AvgIpc) is 3.33. The number of aryl methyl sites for hydroxylation is 1. The Morgan fingerprint density at radius 1 is 1.13 bits per heavy atom. The fourth-order valence-electron chi connectivity index (χ4n) is 4.93. The van der Waals surface area contributed by atoms with Crippen molar-refractivity contribution in [3.8, 4) is 0 Å². The van der Waals surface area contributed by atoms with Crippen molar-refractivity contribution in [3.63, 3.8) is 0 Å². The van der Waals surface area contributed by atoms with Crippen molar-refractivity contribution >= 4 is 22.6 Å². The molecule has 1 spiro atoms. The van der Waals surface area contributed by atoms with Gasteiger partial charge in [0, 0.05) is 36.8 Å². The first-order valence-electron chi connectivity index (χ1n) is 10.5. The zero-order valence-corrected chi connectivity index (χ0v) is 17.2. The van der Waals surface area contributed by atoms with E-state index in [9.17, 15) is 9.90 Å². The van der Waals surface area contributed by atoms with E-state index in [0.717, 1.165) is 59.5 Å². The number of hydrogen-bond donors (Lipinski definition) is 1. The Bertz CT molecular complexity index is 1100. The Balaban J connectivity index is 1.41. The first-order chi connectivity index (χ1) is 14.6. The van der Waals surface area contributed by atoms with Crippen molar-refractivity contribution < 1.29 is 9.90 Å². The standard InChI is InChI=1S/C24H26N4O2/c1-17-5-4-6-18-13-19(15-29)22(26-21(17)18)28-12-9-24(16-28)8-11-27(23(24)30)14-20-7-2-3-10-25-20/h2-7,10,13,29H,8-9,11-12,14-16H2,1H3. The van der Waals surface area contributed by atoms with Crippen molar-refractivity contribution in [2.45, 2.75) is 32.9 Å². The lowest BCUT2D eigenvalue weighted by molar-refractivity contribution is -0.135. The topological polar surface area (TPSA) is 69.6 Å². The number of hydrogen-bond acceptors (Lipinski definition) is 5. The van der Waals surface area contributed by atoms with E-state index in [1.165, 1.54) is 0 Å². The summed E-state index contributed by atoms with van der Waals surface area (Å²) in [5, 5.41) is 11.0. The molecule has 0 aliphatic carbocycles. The van der Waals surface area contributed by atoms with Crippen molar-refractivity contribution in [2.24, 2.45) is 5.41 Å². The Hall–Kier alpha value is -2.99. The van der Waals surface area contributed by atoms with Crippen LogP contribution in [-0.4, -0.2) is 45.5 Å². The van der Waals surface area contributed by atoms with Crippen LogP contribution < -0.4 is 4.90 Å². The maximum absolute atomic E-state index is 13.3. The van der Waals surface area contributed by atoms with Gasteiger partial charge in [-0.2, -0.15) is 0 Å². The third-order valence-corrected chi connectivity index (χ3v) is 6.61. The molecule has 2 aliphatic heterocycles. The molecule has 0 bridgehead atoms. The molecule has 154 valence electrons. The fraction of sp³-hybridized carbons (Fsp3) is 0.375. The molecule has 5 rings (SSSR count). The van der Waals surface area contributed by atoms with Crippen LogP contribution in [0.5, 0.6) is 0 Å². The second-order valence-corrected chi connectivity index (χ2v) is 8.53. The lowest BCUT2D eigenvalue weighted by Gasteiger charge is -2.25. The molecule has 0 saturated carbocycles. The molecule has 3 aromatic rings. The van der Waals surface area contributed by atoms with Gasteiger partial charge >= 0.3 is 0 Å². The monoisotopic (exact) mass is 402 g/mol. The molecular weight excluding hydrogens is 376 g/mol. The number of fused-ring (bicyclic) bond motifs is 1. The number of anilines is 1. The number of aliphatic hydroxyl groups excluding tert-OH is 1. The number of pyridine rings is 2. The van der Waals surface area contributed by atoms with Crippen molar-refractivity contribution in [1.82, 2.24) is 14.9 Å². The summed E-state index contributed by atoms with van der Waals surface area (Å²) >= 11 is 0. The van der Waals surface area contributed by atoms with Gasteiger partial charge in [0.1, 0.15) is 5.82 Å². The Morgan fingerprint density at radius 2 is 2.00 bits per heavy atom. The van der Waals surface area contributed by atoms with E-state index >= 15 is 0 Å². The zero-order chi connectivity index (χ0) is 20.7. The minimum absolute atomic E-state index is 0.0601. The highest BCUT2D eigenvalue weighted by Gasteiger charge is 2.51. The van der Waals surface area contributed by atoms with Gasteiger partial charge < -0.3 is 14.9 Å². The summed E-state index contributed by atoms with van der Waals surface area (Å²) in [7, 11) is 0. The third kappa shape index (κ3) is 3.12. The van der Waals surface area contributed by atoms with Gasteiger partial charge in [-0.25, -0.2) is 4.98 Å². The van der Waals surface area contributed by atoms with Gasteiger partial charge in [-0.3, -0.25) is 9.78 Å².